The predicted octanol–water partition coefficient (Wildman–Crippen LogP) is 22.8. The van der Waals surface area contributed by atoms with Gasteiger partial charge in [-0.25, -0.2) is 52.5 Å². The fraction of sp³-hybridized carbons (Fsp3) is 0.236. The summed E-state index contributed by atoms with van der Waals surface area (Å²) in [5.74, 6) is -1.54. The van der Waals surface area contributed by atoms with Crippen LogP contribution in [0.5, 0.6) is 34.5 Å². The maximum absolute atomic E-state index is 14.7. The van der Waals surface area contributed by atoms with Crippen LogP contribution in [0.15, 0.2) is 306 Å². The third-order valence-corrected chi connectivity index (χ3v) is 24.5. The number of hydrogen-bond donors (Lipinski definition) is 7. The first-order valence-corrected chi connectivity index (χ1v) is 51.8. The van der Waals surface area contributed by atoms with Crippen LogP contribution in [-0.2, 0) is 71.4 Å². The maximum Gasteiger partial charge on any atom is 0.698 e. The molecule has 40 heteroatoms. The Labute approximate surface area is 864 Å². The molecule has 12 aromatic carbocycles. The molecule has 3 amide bonds. The zero-order valence-electron chi connectivity index (χ0n) is 81.4. The smallest absolute Gasteiger partial charge is 0.507 e. The highest BCUT2D eigenvalue weighted by Gasteiger charge is 2.36. The van der Waals surface area contributed by atoms with Crippen LogP contribution >= 0.6 is 70.3 Å². The van der Waals surface area contributed by atoms with Gasteiger partial charge in [0.05, 0.1) is 63.7 Å². The molecule has 764 valence electrons. The molecule has 0 fully saturated rings. The van der Waals surface area contributed by atoms with Crippen LogP contribution < -0.4 is 35.6 Å². The Morgan fingerprint density at radius 1 is 0.377 bits per heavy atom. The number of H-pyrrole nitrogens is 3. The van der Waals surface area contributed by atoms with E-state index in [0.717, 1.165) is 88.2 Å². The Balaban J connectivity index is 0.000000193. The minimum atomic E-state index is -5.03. The van der Waals surface area contributed by atoms with Gasteiger partial charge in [0.15, 0.2) is 17.5 Å². The van der Waals surface area contributed by atoms with Crippen LogP contribution in [0, 0.1) is 20.8 Å². The molecule has 33 nitrogen and oxygen atoms in total. The third-order valence-electron chi connectivity index (χ3n) is 22.1. The molecule has 3 heterocycles. The zero-order chi connectivity index (χ0) is 105. The largest absolute Gasteiger partial charge is 0.698 e. The summed E-state index contributed by atoms with van der Waals surface area (Å²) in [6.45, 7) is 13.8. The number of nitrogens with one attached hydrogen (secondary N) is 3. The summed E-state index contributed by atoms with van der Waals surface area (Å²) >= 11 is 19.3. The second kappa shape index (κ2) is 54.9. The van der Waals surface area contributed by atoms with Crippen molar-refractivity contribution in [3.05, 3.63) is 389 Å². The van der Waals surface area contributed by atoms with Gasteiger partial charge < -0.3 is 43.4 Å². The van der Waals surface area contributed by atoms with Crippen molar-refractivity contribution in [2.45, 2.75) is 123 Å². The van der Waals surface area contributed by atoms with Gasteiger partial charge in [0.2, 0.25) is 0 Å². The molecule has 3 aromatic heterocycles. The third kappa shape index (κ3) is 33.1. The van der Waals surface area contributed by atoms with Crippen molar-refractivity contribution >= 4 is 88.0 Å². The normalized spacial score (nSPS) is 11.1. The number of aromatic nitrogens is 9. The molecular formula is C106H112Cl4N12O21P3+. The highest BCUT2D eigenvalue weighted by atomic mass is 35.6. The van der Waals surface area contributed by atoms with Crippen LogP contribution in [0.3, 0.4) is 0 Å². The van der Waals surface area contributed by atoms with Crippen molar-refractivity contribution in [2.24, 2.45) is 0 Å². The van der Waals surface area contributed by atoms with E-state index in [1.165, 1.54) is 36.8 Å². The summed E-state index contributed by atoms with van der Waals surface area (Å²) in [5.41, 5.74) is 8.72. The first-order chi connectivity index (χ1) is 70.0. The number of phosphoric acid groups is 2. The molecule has 0 aliphatic heterocycles. The van der Waals surface area contributed by atoms with Crippen molar-refractivity contribution < 1.29 is 84.7 Å². The van der Waals surface area contributed by atoms with E-state index < -0.39 is 67.5 Å². The minimum Gasteiger partial charge on any atom is -0.507 e. The summed E-state index contributed by atoms with van der Waals surface area (Å²) in [6.07, 6.45) is 4.96. The molecule has 7 N–H and O–H groups in total. The molecule has 0 atom stereocenters. The number of rotatable bonds is 40. The highest BCUT2D eigenvalue weighted by Crippen LogP contribution is 2.54. The lowest BCUT2D eigenvalue weighted by Crippen LogP contribution is -2.28. The number of aromatic hydroxyl groups is 2. The Hall–Kier alpha value is -13.9. The molecule has 0 radical (unpaired) electrons. The summed E-state index contributed by atoms with van der Waals surface area (Å²) in [4.78, 5) is 102. The molecule has 0 unspecified atom stereocenters. The van der Waals surface area contributed by atoms with Gasteiger partial charge in [-0.2, -0.15) is 15.3 Å². The molecule has 15 rings (SSSR count). The molecule has 0 bridgehead atoms. The van der Waals surface area contributed by atoms with Gasteiger partial charge in [0.25, 0.3) is 21.0 Å². The maximum atomic E-state index is 14.7. The SMILES string of the molecule is CCCCN(C)C(=O)c1cc(-c2n[nH]c(=O)n2-c2ccccc2C)c(O)cc1OP(=O)(O)O.CCCCN(C)C(=O)c1cc(-c2n[nH]c(=O)n2-c2ccccc2C)c(OCc2ccccc2)cc1O.CCCCN(C)C(=O)c1cc(-c2n[nH]c(=O)n2-c2ccccc2C)c(OCc2ccccc2)cc1OP(=O)(OCc1ccccc1)OCc1ccccc1.ClC(Cl)(Cl)Cl.O=[P+](OCc1ccccc1)OCc1ccccc1. The van der Waals surface area contributed by atoms with Crippen LogP contribution in [0.1, 0.15) is 140 Å². The number of carbonyl (C=O) groups excluding carboxylic acids is 3. The number of aromatic amines is 3. The number of unbranched alkanes of at least 4 members (excludes halogenated alkanes) is 3. The van der Waals surface area contributed by atoms with Crippen molar-refractivity contribution in [2.75, 3.05) is 40.8 Å². The molecule has 0 aliphatic carbocycles. The summed E-state index contributed by atoms with van der Waals surface area (Å²) in [5, 5.41) is 41.6. The van der Waals surface area contributed by atoms with Gasteiger partial charge in [0, 0.05) is 63.5 Å². The number of nitrogens with zero attached hydrogens (tertiary/aromatic N) is 9. The highest BCUT2D eigenvalue weighted by molar-refractivity contribution is 7.49. The van der Waals surface area contributed by atoms with Gasteiger partial charge in [-0.3, -0.25) is 33.2 Å². The van der Waals surface area contributed by atoms with E-state index in [4.69, 9.17) is 78.5 Å². The van der Waals surface area contributed by atoms with Crippen molar-refractivity contribution in [3.8, 4) is 85.7 Å². The zero-order valence-corrected chi connectivity index (χ0v) is 87.1. The number of carbonyl (C=O) groups is 3. The van der Waals surface area contributed by atoms with E-state index >= 15 is 0 Å². The van der Waals surface area contributed by atoms with Crippen molar-refractivity contribution in [1.82, 2.24) is 59.0 Å². The van der Waals surface area contributed by atoms with Crippen molar-refractivity contribution in [3.63, 3.8) is 0 Å². The van der Waals surface area contributed by atoms with E-state index in [2.05, 4.69) is 42.0 Å². The number of ether oxygens (including phenoxy) is 2. The van der Waals surface area contributed by atoms with Gasteiger partial charge in [-0.05, 0) is 127 Å². The van der Waals surface area contributed by atoms with E-state index in [-0.39, 0.29) is 89.3 Å². The molecule has 15 aromatic rings. The number of para-hydroxylation sites is 3. The van der Waals surface area contributed by atoms with Crippen LogP contribution in [0.25, 0.3) is 51.2 Å². The number of phenolic OH excluding ortho intramolecular Hbond substituents is 2. The van der Waals surface area contributed by atoms with E-state index in [0.29, 0.717) is 73.2 Å². The van der Waals surface area contributed by atoms with Gasteiger partial charge in [0.1, 0.15) is 60.9 Å². The number of aryl methyl sites for hydroxylation is 3. The number of phosphoric ester groups is 2. The van der Waals surface area contributed by atoms with Gasteiger partial charge >= 0.3 is 41.0 Å². The molecule has 0 aliphatic rings. The molecular weight excluding hydrogens is 2010 g/mol. The van der Waals surface area contributed by atoms with Crippen LogP contribution in [0.4, 0.5) is 0 Å². The lowest BCUT2D eigenvalue weighted by atomic mass is 10.1. The van der Waals surface area contributed by atoms with Gasteiger partial charge in [-0.15, -0.1) is 9.05 Å². The number of benzene rings is 12. The van der Waals surface area contributed by atoms with E-state index in [1.807, 2.05) is 258 Å². The average molecular weight is 2120 g/mol. The van der Waals surface area contributed by atoms with Gasteiger partial charge in [-0.1, -0.05) is 323 Å². The fourth-order valence-electron chi connectivity index (χ4n) is 14.5. The lowest BCUT2D eigenvalue weighted by molar-refractivity contribution is 0.0781. The summed E-state index contributed by atoms with van der Waals surface area (Å²) < 4.78 is 85.8. The Morgan fingerprint density at radius 2 is 0.651 bits per heavy atom. The summed E-state index contributed by atoms with van der Waals surface area (Å²) in [7, 11) is -6.61. The number of alkyl halides is 4. The number of amides is 3. The topological polar surface area (TPSA) is 419 Å². The first kappa shape index (κ1) is 112. The minimum absolute atomic E-state index is 0.00177. The van der Waals surface area contributed by atoms with E-state index in [9.17, 15) is 62.5 Å². The monoisotopic (exact) mass is 2120 g/mol. The number of phenols is 2. The Kier molecular flexibility index (Phi) is 42.3. The first-order valence-electron chi connectivity index (χ1n) is 46.2. The summed E-state index contributed by atoms with van der Waals surface area (Å²) in [6, 6.07) is 86.8. The second-order valence-corrected chi connectivity index (χ2v) is 40.2. The molecule has 146 heavy (non-hydrogen) atoms. The standard InChI is InChI=1S/C42H43N4O7P.C28H30N4O4.C21H25N4O7P.C14H14O3P.CCl4/c1-4-5-25-45(3)41(47)36-26-35(40-43-44-42(48)46(40)37-24-16-15-17-31(37)2)38(50-28-32-18-9-6-10-19-32)27-39(36)53-54(49,51-29-33-20-11-7-12-21-33)52-30-34-22-13-8-14-23-34;1-4-5-15-31(3)27(34)21-16-22(25(17-24(21)33)36-18-20-12-7-6-8-13-20)26-29-30-28(35)32(26)23-14-10-9-11-19(23)2;1-4-5-10-24(3)20(27)15-11-14(17(26)12-18(15)32-33(29,30)31)19-22-23-21(28)25(19)16-9-7-6-8-13(16)2;15-18(16-11-13-7-3-1-4-8-13)17-12-14-9-5-2-6-10-14;2-1(3,4)5/h6-24,26-27H,4-5,25,28-30H2,1-3H3,(H,44,48);6-14,16-17,33H,4-5,15,18H2,1-3H3,(H,30,35);6-9,11-12,26H,4-5,10H2,1-3H3,(H,23,28)(H2,29,30,31);1-10H,11-12H2;/q;;;+1;. The molecule has 0 saturated carbocycles. The van der Waals surface area contributed by atoms with Crippen LogP contribution in [0.2, 0.25) is 0 Å². The quantitative estimate of drug-likeness (QED) is 0.0138. The number of hydrogen-bond acceptors (Lipinski definition) is 22. The predicted molar refractivity (Wildman–Crippen MR) is 563 cm³/mol. The second-order valence-electron chi connectivity index (χ2n) is 33.1. The number of halogens is 4. The fourth-order valence-corrected chi connectivity index (χ4v) is 16.7. The van der Waals surface area contributed by atoms with Crippen LogP contribution in [-0.4, -0.2) is 141 Å². The average Bonchev–Trinajstić information content (AvgIpc) is 1.52. The molecule has 0 spiro atoms. The molecule has 0 saturated heterocycles. The van der Waals surface area contributed by atoms with E-state index in [1.54, 1.807) is 74.3 Å². The lowest BCUT2D eigenvalue weighted by Gasteiger charge is -2.24. The Bertz CT molecular complexity index is 7040. The van der Waals surface area contributed by atoms with Crippen molar-refractivity contribution in [1.29, 1.82) is 0 Å². The Morgan fingerprint density at radius 3 is 0.979 bits per heavy atom.